The molecule has 0 atom stereocenters. The van der Waals surface area contributed by atoms with Crippen molar-refractivity contribution in [3.8, 4) is 0 Å². The van der Waals surface area contributed by atoms with Gasteiger partial charge in [-0.1, -0.05) is 29.3 Å². The van der Waals surface area contributed by atoms with Crippen molar-refractivity contribution in [1.82, 2.24) is 14.9 Å². The molecule has 1 aliphatic rings. The third kappa shape index (κ3) is 4.34. The molecule has 0 aliphatic carbocycles. The van der Waals surface area contributed by atoms with Crippen molar-refractivity contribution in [2.75, 3.05) is 36.4 Å². The van der Waals surface area contributed by atoms with E-state index in [1.165, 1.54) is 0 Å². The molecule has 7 nitrogen and oxygen atoms in total. The van der Waals surface area contributed by atoms with Crippen LogP contribution < -0.4 is 10.2 Å². The van der Waals surface area contributed by atoms with Gasteiger partial charge in [0.05, 0.1) is 5.69 Å². The second-order valence-electron chi connectivity index (χ2n) is 8.35. The van der Waals surface area contributed by atoms with Crippen LogP contribution in [0.3, 0.4) is 0 Å². The van der Waals surface area contributed by atoms with Crippen LogP contribution in [0, 0.1) is 6.92 Å². The summed E-state index contributed by atoms with van der Waals surface area (Å²) in [5.41, 5.74) is 3.18. The zero-order valence-electron chi connectivity index (χ0n) is 18.7. The lowest BCUT2D eigenvalue weighted by molar-refractivity contribution is 0.0742. The molecule has 1 fully saturated rings. The van der Waals surface area contributed by atoms with Gasteiger partial charge in [0.2, 0.25) is 0 Å². The summed E-state index contributed by atoms with van der Waals surface area (Å²) in [5, 5.41) is 4.33. The van der Waals surface area contributed by atoms with Gasteiger partial charge in [-0.05, 0) is 55.5 Å². The molecule has 2 aromatic carbocycles. The third-order valence-electron chi connectivity index (χ3n) is 6.05. The Morgan fingerprint density at radius 3 is 2.47 bits per heavy atom. The summed E-state index contributed by atoms with van der Waals surface area (Å²) in [6, 6.07) is 18.4. The van der Waals surface area contributed by atoms with Crippen molar-refractivity contribution in [2.24, 2.45) is 0 Å². The Balaban J connectivity index is 1.42. The number of hydrogen-bond acceptors (Lipinski definition) is 4. The Bertz CT molecular complexity index is 1340. The summed E-state index contributed by atoms with van der Waals surface area (Å²) < 4.78 is 0. The number of anilines is 2. The van der Waals surface area contributed by atoms with Crippen molar-refractivity contribution in [2.45, 2.75) is 6.92 Å². The van der Waals surface area contributed by atoms with E-state index in [1.54, 1.807) is 30.5 Å². The molecule has 34 heavy (non-hydrogen) atoms. The number of fused-ring (bicyclic) bond motifs is 1. The van der Waals surface area contributed by atoms with Crippen LogP contribution in [0.4, 0.5) is 11.5 Å². The number of H-pyrrole nitrogens is 1. The lowest BCUT2D eigenvalue weighted by Gasteiger charge is -2.35. The zero-order chi connectivity index (χ0) is 23.7. The Morgan fingerprint density at radius 1 is 1.00 bits per heavy atom. The molecule has 2 aromatic heterocycles. The lowest BCUT2D eigenvalue weighted by Crippen LogP contribution is -2.49. The van der Waals surface area contributed by atoms with Crippen LogP contribution in [0.1, 0.15) is 26.4 Å². The highest BCUT2D eigenvalue weighted by molar-refractivity contribution is 6.30. The van der Waals surface area contributed by atoms with Gasteiger partial charge in [0, 0.05) is 53.9 Å². The molecule has 1 saturated heterocycles. The van der Waals surface area contributed by atoms with Crippen molar-refractivity contribution in [3.05, 3.63) is 88.7 Å². The van der Waals surface area contributed by atoms with Gasteiger partial charge in [-0.15, -0.1) is 0 Å². The van der Waals surface area contributed by atoms with Gasteiger partial charge in [-0.2, -0.15) is 0 Å². The molecule has 2 N–H and O–H groups in total. The van der Waals surface area contributed by atoms with E-state index < -0.39 is 0 Å². The fourth-order valence-electron chi connectivity index (χ4n) is 4.22. The topological polar surface area (TPSA) is 81.3 Å². The average molecular weight is 474 g/mol. The van der Waals surface area contributed by atoms with Crippen LogP contribution in [-0.4, -0.2) is 52.9 Å². The molecular formula is C26H24ClN5O2. The number of aromatic amines is 1. The number of aryl methyl sites for hydroxylation is 1. The standard InChI is InChI=1S/C26H24ClN5O2/c1-17-5-10-21-20(16-17)23(30-25(33)18-6-8-19(27)9-7-18)24(29-21)26(34)32-14-12-31(13-15-32)22-4-2-3-11-28-22/h2-11,16,29H,12-15H2,1H3,(H,30,33). The monoisotopic (exact) mass is 473 g/mol. The molecule has 0 bridgehead atoms. The van der Waals surface area contributed by atoms with Gasteiger partial charge in [0.15, 0.2) is 0 Å². The maximum atomic E-state index is 13.6. The number of rotatable bonds is 4. The molecule has 172 valence electrons. The summed E-state index contributed by atoms with van der Waals surface area (Å²) >= 11 is 5.96. The number of benzene rings is 2. The van der Waals surface area contributed by atoms with E-state index in [1.807, 2.05) is 48.2 Å². The van der Waals surface area contributed by atoms with Crippen LogP contribution in [0.2, 0.25) is 5.02 Å². The predicted molar refractivity (Wildman–Crippen MR) is 135 cm³/mol. The maximum Gasteiger partial charge on any atom is 0.272 e. The molecule has 8 heteroatoms. The molecule has 0 spiro atoms. The van der Waals surface area contributed by atoms with Crippen LogP contribution in [0.25, 0.3) is 10.9 Å². The fourth-order valence-corrected chi connectivity index (χ4v) is 4.35. The molecule has 3 heterocycles. The number of halogens is 1. The number of pyridine rings is 1. The molecular weight excluding hydrogens is 450 g/mol. The van der Waals surface area contributed by atoms with Gasteiger partial charge < -0.3 is 20.1 Å². The van der Waals surface area contributed by atoms with Gasteiger partial charge in [0.25, 0.3) is 11.8 Å². The first-order chi connectivity index (χ1) is 16.5. The number of hydrogen-bond donors (Lipinski definition) is 2. The number of carbonyl (C=O) groups excluding carboxylic acids is 2. The lowest BCUT2D eigenvalue weighted by atomic mass is 10.1. The summed E-state index contributed by atoms with van der Waals surface area (Å²) in [6.07, 6.45) is 1.77. The first kappa shape index (κ1) is 22.0. The van der Waals surface area contributed by atoms with Gasteiger partial charge >= 0.3 is 0 Å². The van der Waals surface area contributed by atoms with E-state index in [2.05, 4.69) is 20.2 Å². The predicted octanol–water partition coefficient (Wildman–Crippen LogP) is 4.74. The van der Waals surface area contributed by atoms with Crippen molar-refractivity contribution in [1.29, 1.82) is 0 Å². The number of nitrogens with zero attached hydrogens (tertiary/aromatic N) is 3. The largest absolute Gasteiger partial charge is 0.353 e. The minimum Gasteiger partial charge on any atom is -0.353 e. The molecule has 0 radical (unpaired) electrons. The Morgan fingerprint density at radius 2 is 1.76 bits per heavy atom. The number of nitrogens with one attached hydrogen (secondary N) is 2. The highest BCUT2D eigenvalue weighted by atomic mass is 35.5. The minimum atomic E-state index is -0.298. The summed E-state index contributed by atoms with van der Waals surface area (Å²) in [7, 11) is 0. The number of amides is 2. The average Bonchev–Trinajstić information content (AvgIpc) is 3.22. The highest BCUT2D eigenvalue weighted by Gasteiger charge is 2.27. The number of aromatic nitrogens is 2. The SMILES string of the molecule is Cc1ccc2[nH]c(C(=O)N3CCN(c4ccccn4)CC3)c(NC(=O)c3ccc(Cl)cc3)c2c1. The van der Waals surface area contributed by atoms with Gasteiger partial charge in [0.1, 0.15) is 11.5 Å². The molecule has 4 aromatic rings. The van der Waals surface area contributed by atoms with Gasteiger partial charge in [-0.25, -0.2) is 4.98 Å². The van der Waals surface area contributed by atoms with E-state index >= 15 is 0 Å². The third-order valence-corrected chi connectivity index (χ3v) is 6.31. The van der Waals surface area contributed by atoms with Crippen LogP contribution >= 0.6 is 11.6 Å². The summed E-state index contributed by atoms with van der Waals surface area (Å²) in [5.74, 6) is 0.473. The normalized spacial score (nSPS) is 13.8. The first-order valence-electron chi connectivity index (χ1n) is 11.1. The summed E-state index contributed by atoms with van der Waals surface area (Å²) in [6.45, 7) is 4.49. The van der Waals surface area contributed by atoms with Crippen LogP contribution in [0.15, 0.2) is 66.9 Å². The number of piperazine rings is 1. The Kier molecular flexibility index (Phi) is 5.94. The van der Waals surface area contributed by atoms with Crippen molar-refractivity contribution >= 4 is 45.8 Å². The highest BCUT2D eigenvalue weighted by Crippen LogP contribution is 2.31. The second-order valence-corrected chi connectivity index (χ2v) is 8.79. The quantitative estimate of drug-likeness (QED) is 0.448. The minimum absolute atomic E-state index is 0.138. The van der Waals surface area contributed by atoms with Crippen molar-refractivity contribution in [3.63, 3.8) is 0 Å². The van der Waals surface area contributed by atoms with E-state index in [4.69, 9.17) is 11.6 Å². The van der Waals surface area contributed by atoms with Gasteiger partial charge in [-0.3, -0.25) is 9.59 Å². The summed E-state index contributed by atoms with van der Waals surface area (Å²) in [4.78, 5) is 38.2. The zero-order valence-corrected chi connectivity index (χ0v) is 19.5. The Labute approximate surface area is 202 Å². The van der Waals surface area contributed by atoms with Crippen LogP contribution in [0.5, 0.6) is 0 Å². The van der Waals surface area contributed by atoms with E-state index in [9.17, 15) is 9.59 Å². The van der Waals surface area contributed by atoms with Crippen LogP contribution in [-0.2, 0) is 0 Å². The molecule has 2 amide bonds. The second kappa shape index (κ2) is 9.19. The smallest absolute Gasteiger partial charge is 0.272 e. The Hall–Kier alpha value is -3.84. The first-order valence-corrected chi connectivity index (χ1v) is 11.5. The van der Waals surface area contributed by atoms with E-state index in [0.29, 0.717) is 48.1 Å². The van der Waals surface area contributed by atoms with Crippen molar-refractivity contribution < 1.29 is 9.59 Å². The maximum absolute atomic E-state index is 13.6. The molecule has 0 saturated carbocycles. The fraction of sp³-hybridized carbons (Fsp3) is 0.192. The molecule has 5 rings (SSSR count). The molecule has 1 aliphatic heterocycles. The van der Waals surface area contributed by atoms with E-state index in [-0.39, 0.29) is 11.8 Å². The number of carbonyl (C=O) groups is 2. The molecule has 0 unspecified atom stereocenters. The van der Waals surface area contributed by atoms with E-state index in [0.717, 1.165) is 22.3 Å².